The molecule has 3 aromatic rings. The predicted octanol–water partition coefficient (Wildman–Crippen LogP) is 3.59. The number of nitrogens with one attached hydrogen (secondary N) is 1. The Morgan fingerprint density at radius 2 is 2.08 bits per heavy atom. The Bertz CT molecular complexity index is 827. The van der Waals surface area contributed by atoms with E-state index in [1.165, 1.54) is 0 Å². The second-order valence-electron chi connectivity index (χ2n) is 6.11. The number of thiazole rings is 1. The van der Waals surface area contributed by atoms with Crippen LogP contribution in [-0.2, 0) is 0 Å². The molecule has 1 atom stereocenters. The van der Waals surface area contributed by atoms with Crippen molar-refractivity contribution in [3.05, 3.63) is 30.0 Å². The molecule has 0 amide bonds. The average Bonchev–Trinajstić information content (AvgIpc) is 3.01. The van der Waals surface area contributed by atoms with Gasteiger partial charge in [0.25, 0.3) is 0 Å². The van der Waals surface area contributed by atoms with Gasteiger partial charge in [-0.25, -0.2) is 15.0 Å². The molecule has 7 heteroatoms. The highest BCUT2D eigenvalue weighted by Gasteiger charge is 2.17. The summed E-state index contributed by atoms with van der Waals surface area (Å²) in [6.45, 7) is 6.96. The summed E-state index contributed by atoms with van der Waals surface area (Å²) in [7, 11) is 0. The van der Waals surface area contributed by atoms with Crippen molar-refractivity contribution < 1.29 is 5.11 Å². The Hall–Kier alpha value is -2.12. The van der Waals surface area contributed by atoms with Gasteiger partial charge in [-0.3, -0.25) is 4.98 Å². The third-order valence-corrected chi connectivity index (χ3v) is 5.34. The predicted molar refractivity (Wildman–Crippen MR) is 102 cm³/mol. The van der Waals surface area contributed by atoms with E-state index < -0.39 is 0 Å². The van der Waals surface area contributed by atoms with E-state index in [0.29, 0.717) is 5.92 Å². The van der Waals surface area contributed by atoms with Gasteiger partial charge in [0.2, 0.25) is 0 Å². The molecular formula is C18H23N5OS. The molecule has 2 N–H and O–H groups in total. The van der Waals surface area contributed by atoms with Crippen LogP contribution in [0.15, 0.2) is 18.5 Å². The first-order chi connectivity index (χ1) is 12.1. The minimum absolute atomic E-state index is 0.220. The second kappa shape index (κ2) is 7.84. The van der Waals surface area contributed by atoms with Crippen LogP contribution >= 0.6 is 11.3 Å². The maximum Gasteiger partial charge on any atom is 0.140 e. The minimum Gasteiger partial charge on any atom is -0.396 e. The van der Waals surface area contributed by atoms with Gasteiger partial charge in [0, 0.05) is 19.3 Å². The zero-order valence-electron chi connectivity index (χ0n) is 14.8. The van der Waals surface area contributed by atoms with E-state index in [4.69, 9.17) is 4.98 Å². The van der Waals surface area contributed by atoms with E-state index >= 15 is 0 Å². The number of aromatic nitrogens is 4. The summed E-state index contributed by atoms with van der Waals surface area (Å²) < 4.78 is 1.10. The molecule has 0 saturated heterocycles. The van der Waals surface area contributed by atoms with Gasteiger partial charge in [0.1, 0.15) is 22.2 Å². The van der Waals surface area contributed by atoms with E-state index in [-0.39, 0.29) is 6.61 Å². The van der Waals surface area contributed by atoms with Crippen LogP contribution in [0.3, 0.4) is 0 Å². The zero-order chi connectivity index (χ0) is 17.8. The van der Waals surface area contributed by atoms with E-state index in [1.54, 1.807) is 23.7 Å². The minimum atomic E-state index is 0.220. The first-order valence-corrected chi connectivity index (χ1v) is 9.35. The Labute approximate surface area is 151 Å². The molecule has 3 heterocycles. The summed E-state index contributed by atoms with van der Waals surface area (Å²) in [5.74, 6) is 1.86. The summed E-state index contributed by atoms with van der Waals surface area (Å²) in [6.07, 6.45) is 5.43. The van der Waals surface area contributed by atoms with Crippen LogP contribution in [0.25, 0.3) is 20.8 Å². The summed E-state index contributed by atoms with van der Waals surface area (Å²) in [5, 5.41) is 13.7. The van der Waals surface area contributed by atoms with Crippen LogP contribution in [-0.4, -0.2) is 38.2 Å². The zero-order valence-corrected chi connectivity index (χ0v) is 15.6. The number of hydrogen-bond acceptors (Lipinski definition) is 7. The third-order valence-electron chi connectivity index (χ3n) is 4.29. The maximum absolute atomic E-state index is 9.36. The van der Waals surface area contributed by atoms with Gasteiger partial charge in [0.15, 0.2) is 0 Å². The molecule has 3 rings (SSSR count). The topological polar surface area (TPSA) is 83.8 Å². The Morgan fingerprint density at radius 1 is 1.24 bits per heavy atom. The largest absolute Gasteiger partial charge is 0.396 e. The number of fused-ring (bicyclic) bond motifs is 1. The van der Waals surface area contributed by atoms with E-state index in [0.717, 1.165) is 57.5 Å². The van der Waals surface area contributed by atoms with E-state index in [2.05, 4.69) is 27.2 Å². The average molecular weight is 357 g/mol. The monoisotopic (exact) mass is 357 g/mol. The van der Waals surface area contributed by atoms with E-state index in [1.807, 2.05) is 19.9 Å². The van der Waals surface area contributed by atoms with Gasteiger partial charge in [-0.1, -0.05) is 13.3 Å². The highest BCUT2D eigenvalue weighted by Crippen LogP contribution is 2.35. The standard InChI is InChI=1S/C18H23N5OS/c1-4-13(10-24)5-8-20-17-16(11(2)21-12(3)22-17)18-23-14-9-19-7-6-15(14)25-18/h6-7,9,13,24H,4-5,8,10H2,1-3H3,(H,20,21,22). The number of aliphatic hydroxyl groups is 1. The molecule has 132 valence electrons. The molecule has 3 aromatic heterocycles. The molecule has 1 unspecified atom stereocenters. The van der Waals surface area contributed by atoms with Gasteiger partial charge in [0.05, 0.1) is 22.2 Å². The summed E-state index contributed by atoms with van der Waals surface area (Å²) in [5.41, 5.74) is 2.75. The highest BCUT2D eigenvalue weighted by atomic mass is 32.1. The fourth-order valence-corrected chi connectivity index (χ4v) is 3.83. The maximum atomic E-state index is 9.36. The van der Waals surface area contributed by atoms with Crippen LogP contribution in [0.5, 0.6) is 0 Å². The van der Waals surface area contributed by atoms with E-state index in [9.17, 15) is 5.11 Å². The fraction of sp³-hybridized carbons (Fsp3) is 0.444. The van der Waals surface area contributed by atoms with Gasteiger partial charge < -0.3 is 10.4 Å². The van der Waals surface area contributed by atoms with Crippen LogP contribution in [0.4, 0.5) is 5.82 Å². The number of rotatable bonds is 7. The number of aliphatic hydroxyl groups excluding tert-OH is 1. The SMILES string of the molecule is CCC(CO)CCNc1nc(C)nc(C)c1-c1nc2cnccc2s1. The molecule has 0 fully saturated rings. The molecule has 0 radical (unpaired) electrons. The first kappa shape index (κ1) is 17.7. The summed E-state index contributed by atoms with van der Waals surface area (Å²) in [4.78, 5) is 18.0. The number of aryl methyl sites for hydroxylation is 2. The Kier molecular flexibility index (Phi) is 5.55. The van der Waals surface area contributed by atoms with Crippen molar-refractivity contribution in [1.82, 2.24) is 19.9 Å². The molecule has 0 spiro atoms. The number of nitrogens with zero attached hydrogens (tertiary/aromatic N) is 4. The lowest BCUT2D eigenvalue weighted by atomic mass is 10.0. The molecule has 0 bridgehead atoms. The second-order valence-corrected chi connectivity index (χ2v) is 7.15. The van der Waals surface area contributed by atoms with Crippen molar-refractivity contribution in [2.24, 2.45) is 5.92 Å². The Morgan fingerprint density at radius 3 is 2.80 bits per heavy atom. The molecule has 0 aromatic carbocycles. The number of pyridine rings is 1. The number of anilines is 1. The van der Waals surface area contributed by atoms with Crippen molar-refractivity contribution in [3.63, 3.8) is 0 Å². The first-order valence-electron chi connectivity index (χ1n) is 8.53. The van der Waals surface area contributed by atoms with Crippen LogP contribution in [0, 0.1) is 19.8 Å². The molecule has 0 aliphatic rings. The van der Waals surface area contributed by atoms with Gasteiger partial charge in [-0.15, -0.1) is 11.3 Å². The van der Waals surface area contributed by atoms with Gasteiger partial charge >= 0.3 is 0 Å². The van der Waals surface area contributed by atoms with Crippen LogP contribution in [0.2, 0.25) is 0 Å². The van der Waals surface area contributed by atoms with Crippen molar-refractivity contribution >= 4 is 27.4 Å². The lowest BCUT2D eigenvalue weighted by Gasteiger charge is -2.15. The normalized spacial score (nSPS) is 12.5. The highest BCUT2D eigenvalue weighted by molar-refractivity contribution is 7.21. The van der Waals surface area contributed by atoms with Crippen molar-refractivity contribution in [2.45, 2.75) is 33.6 Å². The van der Waals surface area contributed by atoms with Crippen molar-refractivity contribution in [3.8, 4) is 10.6 Å². The lowest BCUT2D eigenvalue weighted by Crippen LogP contribution is -2.14. The molecular weight excluding hydrogens is 334 g/mol. The van der Waals surface area contributed by atoms with Crippen LogP contribution < -0.4 is 5.32 Å². The summed E-state index contributed by atoms with van der Waals surface area (Å²) in [6, 6.07) is 1.97. The Balaban J connectivity index is 1.92. The molecule has 0 saturated carbocycles. The smallest absolute Gasteiger partial charge is 0.140 e. The van der Waals surface area contributed by atoms with Crippen LogP contribution in [0.1, 0.15) is 31.3 Å². The van der Waals surface area contributed by atoms with Gasteiger partial charge in [-0.2, -0.15) is 0 Å². The quantitative estimate of drug-likeness (QED) is 0.672. The lowest BCUT2D eigenvalue weighted by molar-refractivity contribution is 0.217. The van der Waals surface area contributed by atoms with Crippen molar-refractivity contribution in [1.29, 1.82) is 0 Å². The number of hydrogen-bond donors (Lipinski definition) is 2. The van der Waals surface area contributed by atoms with Crippen molar-refractivity contribution in [2.75, 3.05) is 18.5 Å². The molecule has 0 aliphatic carbocycles. The fourth-order valence-electron chi connectivity index (χ4n) is 2.80. The molecule has 0 aliphatic heterocycles. The molecule has 6 nitrogen and oxygen atoms in total. The summed E-state index contributed by atoms with van der Waals surface area (Å²) >= 11 is 1.62. The molecule has 25 heavy (non-hydrogen) atoms. The third kappa shape index (κ3) is 3.93. The van der Waals surface area contributed by atoms with Gasteiger partial charge in [-0.05, 0) is 32.3 Å².